The number of rotatable bonds is 4. The Bertz CT molecular complexity index is 807. The van der Waals surface area contributed by atoms with Crippen LogP contribution in [0.1, 0.15) is 55.9 Å². The number of pyridine rings is 1. The van der Waals surface area contributed by atoms with Gasteiger partial charge in [-0.15, -0.1) is 0 Å². The van der Waals surface area contributed by atoms with E-state index >= 15 is 0 Å². The summed E-state index contributed by atoms with van der Waals surface area (Å²) in [4.78, 5) is 25.4. The Morgan fingerprint density at radius 3 is 2.71 bits per heavy atom. The molecule has 1 fully saturated rings. The number of benzene rings is 1. The van der Waals surface area contributed by atoms with Gasteiger partial charge in [-0.1, -0.05) is 32.3 Å². The van der Waals surface area contributed by atoms with E-state index in [1.165, 1.54) is 23.1 Å². The first-order chi connectivity index (χ1) is 11.6. The van der Waals surface area contributed by atoms with Crippen molar-refractivity contribution in [2.45, 2.75) is 58.0 Å². The molecule has 4 nitrogen and oxygen atoms in total. The molecule has 1 aliphatic carbocycles. The summed E-state index contributed by atoms with van der Waals surface area (Å²) in [6, 6.07) is 5.99. The minimum atomic E-state index is -0.443. The van der Waals surface area contributed by atoms with Gasteiger partial charge in [-0.2, -0.15) is 0 Å². The van der Waals surface area contributed by atoms with Crippen molar-refractivity contribution >= 4 is 16.7 Å². The van der Waals surface area contributed by atoms with Crippen LogP contribution in [0.3, 0.4) is 0 Å². The molecular weight excluding hydrogens is 307 g/mol. The molecule has 0 saturated heterocycles. The third-order valence-electron chi connectivity index (χ3n) is 4.69. The highest BCUT2D eigenvalue weighted by molar-refractivity contribution is 5.96. The number of aromatic nitrogens is 1. The fourth-order valence-electron chi connectivity index (χ4n) is 3.46. The number of carbonyl (C=O) groups excluding carboxylic acids is 1. The molecule has 1 aliphatic rings. The third kappa shape index (κ3) is 3.35. The van der Waals surface area contributed by atoms with Crippen LogP contribution < -0.4 is 10.9 Å². The second-order valence-electron chi connectivity index (χ2n) is 6.53. The summed E-state index contributed by atoms with van der Waals surface area (Å²) in [5.74, 6) is -0.652. The molecule has 1 saturated carbocycles. The van der Waals surface area contributed by atoms with Crippen LogP contribution in [0.2, 0.25) is 0 Å². The van der Waals surface area contributed by atoms with Crippen LogP contribution >= 0.6 is 0 Å². The van der Waals surface area contributed by atoms with E-state index in [1.54, 1.807) is 12.1 Å². The number of nitrogens with one attached hydrogen (secondary N) is 1. The maximum Gasteiger partial charge on any atom is 0.268 e. The molecule has 128 valence electrons. The Balaban J connectivity index is 2.01. The molecule has 0 unspecified atom stereocenters. The van der Waals surface area contributed by atoms with Gasteiger partial charge in [0.1, 0.15) is 11.5 Å². The zero-order chi connectivity index (χ0) is 17.1. The van der Waals surface area contributed by atoms with Crippen LogP contribution in [-0.4, -0.2) is 16.5 Å². The van der Waals surface area contributed by atoms with Crippen molar-refractivity contribution in [3.8, 4) is 0 Å². The Morgan fingerprint density at radius 1 is 1.25 bits per heavy atom. The molecule has 24 heavy (non-hydrogen) atoms. The lowest BCUT2D eigenvalue weighted by atomic mass is 9.95. The van der Waals surface area contributed by atoms with E-state index in [9.17, 15) is 14.0 Å². The van der Waals surface area contributed by atoms with Crippen molar-refractivity contribution in [3.05, 3.63) is 46.1 Å². The van der Waals surface area contributed by atoms with Crippen LogP contribution in [-0.2, 0) is 6.54 Å². The van der Waals surface area contributed by atoms with Gasteiger partial charge in [-0.05, 0) is 42.8 Å². The number of hydrogen-bond acceptors (Lipinski definition) is 2. The first kappa shape index (κ1) is 16.7. The predicted octanol–water partition coefficient (Wildman–Crippen LogP) is 3.61. The molecule has 1 aromatic heterocycles. The second-order valence-corrected chi connectivity index (χ2v) is 6.53. The molecule has 0 aliphatic heterocycles. The highest BCUT2D eigenvalue weighted by Gasteiger charge is 2.20. The second kappa shape index (κ2) is 7.16. The van der Waals surface area contributed by atoms with Gasteiger partial charge >= 0.3 is 0 Å². The van der Waals surface area contributed by atoms with E-state index < -0.39 is 5.82 Å². The molecule has 2 aromatic rings. The fraction of sp³-hybridized carbons (Fsp3) is 0.474. The largest absolute Gasteiger partial charge is 0.348 e. The number of nitrogens with zero attached hydrogens (tertiary/aromatic N) is 1. The summed E-state index contributed by atoms with van der Waals surface area (Å²) >= 11 is 0. The maximum absolute atomic E-state index is 13.5. The first-order valence-electron chi connectivity index (χ1n) is 8.74. The van der Waals surface area contributed by atoms with Crippen molar-refractivity contribution in [1.29, 1.82) is 0 Å². The van der Waals surface area contributed by atoms with Gasteiger partial charge in [-0.25, -0.2) is 4.39 Å². The monoisotopic (exact) mass is 330 g/mol. The summed E-state index contributed by atoms with van der Waals surface area (Å²) in [6.45, 7) is 2.39. The van der Waals surface area contributed by atoms with Gasteiger partial charge in [0, 0.05) is 12.6 Å². The van der Waals surface area contributed by atoms with Gasteiger partial charge in [0.05, 0.1) is 5.39 Å². The standard InChI is InChI=1S/C19H23FN2O2/c1-2-10-22-17(18(23)21-15-6-4-3-5-7-15)11-13-8-9-14(20)12-16(13)19(22)24/h8-9,11-12,15H,2-7,10H2,1H3,(H,21,23). The molecule has 1 aromatic carbocycles. The summed E-state index contributed by atoms with van der Waals surface area (Å²) in [7, 11) is 0. The molecule has 1 heterocycles. The van der Waals surface area contributed by atoms with E-state index in [4.69, 9.17) is 0 Å². The first-order valence-corrected chi connectivity index (χ1v) is 8.74. The van der Waals surface area contributed by atoms with Gasteiger partial charge < -0.3 is 9.88 Å². The normalized spacial score (nSPS) is 15.6. The van der Waals surface area contributed by atoms with Crippen LogP contribution in [0.4, 0.5) is 4.39 Å². The summed E-state index contributed by atoms with van der Waals surface area (Å²) in [5, 5.41) is 3.98. The van der Waals surface area contributed by atoms with Crippen molar-refractivity contribution in [3.63, 3.8) is 0 Å². The molecular formula is C19H23FN2O2. The Labute approximate surface area is 140 Å². The predicted molar refractivity (Wildman–Crippen MR) is 92.8 cm³/mol. The number of fused-ring (bicyclic) bond motifs is 1. The van der Waals surface area contributed by atoms with E-state index in [0.29, 0.717) is 23.0 Å². The maximum atomic E-state index is 13.5. The Morgan fingerprint density at radius 2 is 2.00 bits per heavy atom. The zero-order valence-electron chi connectivity index (χ0n) is 14.0. The highest BCUT2D eigenvalue weighted by atomic mass is 19.1. The molecule has 3 rings (SSSR count). The topological polar surface area (TPSA) is 51.1 Å². The zero-order valence-corrected chi connectivity index (χ0v) is 14.0. The molecule has 0 spiro atoms. The van der Waals surface area contributed by atoms with Gasteiger partial charge in [0.2, 0.25) is 0 Å². The van der Waals surface area contributed by atoms with Crippen molar-refractivity contribution in [2.24, 2.45) is 0 Å². The van der Waals surface area contributed by atoms with E-state index in [2.05, 4.69) is 5.32 Å². The van der Waals surface area contributed by atoms with Crippen molar-refractivity contribution < 1.29 is 9.18 Å². The van der Waals surface area contributed by atoms with E-state index in [0.717, 1.165) is 32.1 Å². The summed E-state index contributed by atoms with van der Waals surface area (Å²) in [6.07, 6.45) is 6.18. The molecule has 0 atom stereocenters. The van der Waals surface area contributed by atoms with Crippen molar-refractivity contribution in [1.82, 2.24) is 9.88 Å². The SMILES string of the molecule is CCCn1c(C(=O)NC2CCCCC2)cc2ccc(F)cc2c1=O. The van der Waals surface area contributed by atoms with E-state index in [1.807, 2.05) is 6.92 Å². The highest BCUT2D eigenvalue weighted by Crippen LogP contribution is 2.19. The third-order valence-corrected chi connectivity index (χ3v) is 4.69. The van der Waals surface area contributed by atoms with Gasteiger partial charge in [-0.3, -0.25) is 9.59 Å². The lowest BCUT2D eigenvalue weighted by Gasteiger charge is -2.23. The van der Waals surface area contributed by atoms with Crippen LogP contribution in [0.15, 0.2) is 29.1 Å². The minimum absolute atomic E-state index is 0.181. The van der Waals surface area contributed by atoms with Crippen molar-refractivity contribution in [2.75, 3.05) is 0 Å². The summed E-state index contributed by atoms with van der Waals surface area (Å²) < 4.78 is 14.9. The number of amides is 1. The van der Waals surface area contributed by atoms with Crippen LogP contribution in [0, 0.1) is 5.82 Å². The van der Waals surface area contributed by atoms with Crippen LogP contribution in [0.5, 0.6) is 0 Å². The summed E-state index contributed by atoms with van der Waals surface area (Å²) in [5.41, 5.74) is 0.0641. The molecule has 5 heteroatoms. The average molecular weight is 330 g/mol. The number of hydrogen-bond donors (Lipinski definition) is 1. The van der Waals surface area contributed by atoms with E-state index in [-0.39, 0.29) is 17.5 Å². The Hall–Kier alpha value is -2.17. The fourth-order valence-corrected chi connectivity index (χ4v) is 3.46. The number of carbonyl (C=O) groups is 1. The smallest absolute Gasteiger partial charge is 0.268 e. The van der Waals surface area contributed by atoms with Gasteiger partial charge in [0.15, 0.2) is 0 Å². The average Bonchev–Trinajstić information content (AvgIpc) is 2.58. The number of halogens is 1. The molecule has 0 bridgehead atoms. The van der Waals surface area contributed by atoms with Crippen LogP contribution in [0.25, 0.3) is 10.8 Å². The molecule has 0 radical (unpaired) electrons. The minimum Gasteiger partial charge on any atom is -0.348 e. The Kier molecular flexibility index (Phi) is 4.97. The quantitative estimate of drug-likeness (QED) is 0.931. The lowest BCUT2D eigenvalue weighted by molar-refractivity contribution is 0.0917. The lowest BCUT2D eigenvalue weighted by Crippen LogP contribution is -2.39. The molecule has 1 amide bonds. The van der Waals surface area contributed by atoms with Gasteiger partial charge in [0.25, 0.3) is 11.5 Å². The molecule has 1 N–H and O–H groups in total.